The highest BCUT2D eigenvalue weighted by Gasteiger charge is 2.37. The summed E-state index contributed by atoms with van der Waals surface area (Å²) in [6.45, 7) is 1.53. The zero-order valence-electron chi connectivity index (χ0n) is 20.0. The summed E-state index contributed by atoms with van der Waals surface area (Å²) in [7, 11) is 1.55. The highest BCUT2D eigenvalue weighted by atomic mass is 79.9. The average Bonchev–Trinajstić information content (AvgIpc) is 2.88. The van der Waals surface area contributed by atoms with Crippen LogP contribution >= 0.6 is 31.9 Å². The Hall–Kier alpha value is -3.24. The molecule has 190 valence electrons. The van der Waals surface area contributed by atoms with Gasteiger partial charge in [0.25, 0.3) is 17.4 Å². The Morgan fingerprint density at radius 3 is 2.70 bits per heavy atom. The number of carbonyl (C=O) groups excluding carboxylic acids is 2. The molecule has 5 rings (SSSR count). The fraction of sp³-hybridized carbons (Fsp3) is 0.259. The maximum Gasteiger partial charge on any atom is 0.270 e. The zero-order chi connectivity index (χ0) is 26.1. The van der Waals surface area contributed by atoms with E-state index in [9.17, 15) is 14.4 Å². The van der Waals surface area contributed by atoms with E-state index in [1.165, 1.54) is 6.20 Å². The topological polar surface area (TPSA) is 93.5 Å². The maximum absolute atomic E-state index is 13.9. The van der Waals surface area contributed by atoms with Gasteiger partial charge in [0.2, 0.25) is 0 Å². The number of piperidine rings is 1. The largest absolute Gasteiger partial charge is 0.496 e. The van der Waals surface area contributed by atoms with Crippen molar-refractivity contribution in [1.82, 2.24) is 19.8 Å². The summed E-state index contributed by atoms with van der Waals surface area (Å²) in [6.07, 6.45) is 5.59. The summed E-state index contributed by atoms with van der Waals surface area (Å²) in [6, 6.07) is 12.4. The van der Waals surface area contributed by atoms with Crippen molar-refractivity contribution < 1.29 is 14.3 Å². The molecule has 0 aliphatic carbocycles. The number of hydrogen-bond donors (Lipinski definition) is 1. The van der Waals surface area contributed by atoms with E-state index < -0.39 is 5.91 Å². The van der Waals surface area contributed by atoms with Crippen LogP contribution in [0.2, 0.25) is 0 Å². The van der Waals surface area contributed by atoms with Gasteiger partial charge < -0.3 is 19.5 Å². The van der Waals surface area contributed by atoms with Crippen LogP contribution in [0.5, 0.6) is 5.75 Å². The first kappa shape index (κ1) is 25.4. The van der Waals surface area contributed by atoms with Crippen molar-refractivity contribution in [2.24, 2.45) is 5.92 Å². The molecule has 0 radical (unpaired) electrons. The van der Waals surface area contributed by atoms with Crippen molar-refractivity contribution in [3.63, 3.8) is 0 Å². The minimum Gasteiger partial charge on any atom is -0.496 e. The van der Waals surface area contributed by atoms with Gasteiger partial charge in [-0.05, 0) is 64.7 Å². The van der Waals surface area contributed by atoms with E-state index in [4.69, 9.17) is 4.74 Å². The number of amides is 2. The Bertz CT molecular complexity index is 1470. The predicted octanol–water partition coefficient (Wildman–Crippen LogP) is 4.19. The van der Waals surface area contributed by atoms with Gasteiger partial charge in [0, 0.05) is 64.2 Å². The summed E-state index contributed by atoms with van der Waals surface area (Å²) < 4.78 is 8.78. The van der Waals surface area contributed by atoms with Crippen LogP contribution in [0, 0.1) is 5.92 Å². The molecule has 2 amide bonds. The Kier molecular flexibility index (Phi) is 7.30. The third-order valence-electron chi connectivity index (χ3n) is 6.70. The minimum absolute atomic E-state index is 0.00999. The van der Waals surface area contributed by atoms with Crippen molar-refractivity contribution in [3.8, 4) is 5.75 Å². The van der Waals surface area contributed by atoms with Crippen molar-refractivity contribution >= 4 is 49.8 Å². The van der Waals surface area contributed by atoms with Crippen LogP contribution in [-0.4, -0.2) is 46.5 Å². The van der Waals surface area contributed by atoms with Gasteiger partial charge >= 0.3 is 0 Å². The first-order valence-electron chi connectivity index (χ1n) is 11.8. The fourth-order valence-corrected chi connectivity index (χ4v) is 5.83. The summed E-state index contributed by atoms with van der Waals surface area (Å²) in [5.41, 5.74) is 2.03. The van der Waals surface area contributed by atoms with E-state index in [2.05, 4.69) is 42.2 Å². The number of benzene rings is 1. The monoisotopic (exact) mass is 626 g/mol. The Balaban J connectivity index is 1.49. The van der Waals surface area contributed by atoms with Gasteiger partial charge in [-0.3, -0.25) is 19.4 Å². The van der Waals surface area contributed by atoms with Crippen LogP contribution in [-0.2, 0) is 11.3 Å². The molecule has 4 heterocycles. The molecule has 2 bridgehead atoms. The standard InChI is InChI=1S/C27H24Br2N4O4/c1-37-24-6-5-20(28)8-17(24)10-22(31-26(35)18-9-21(29)12-30-11-18)27(36)32-13-16-7-19(15-32)23-3-2-4-25(34)33(23)14-16/h2-6,8-12,16,19H,7,13-15H2,1H3,(H,31,35)/b22-10-. The third kappa shape index (κ3) is 5.40. The third-order valence-corrected chi connectivity index (χ3v) is 7.63. The molecule has 37 heavy (non-hydrogen) atoms. The Morgan fingerprint density at radius 1 is 1.08 bits per heavy atom. The van der Waals surface area contributed by atoms with Crippen LogP contribution < -0.4 is 15.6 Å². The van der Waals surface area contributed by atoms with Crippen molar-refractivity contribution in [2.45, 2.75) is 18.9 Å². The summed E-state index contributed by atoms with van der Waals surface area (Å²) >= 11 is 6.81. The molecule has 0 spiro atoms. The van der Waals surface area contributed by atoms with Crippen LogP contribution in [0.3, 0.4) is 0 Å². The summed E-state index contributed by atoms with van der Waals surface area (Å²) in [5.74, 6) is 0.0332. The first-order valence-corrected chi connectivity index (χ1v) is 13.4. The SMILES string of the molecule is COc1ccc(Br)cc1/C=C(\NC(=O)c1cncc(Br)c1)C(=O)N1CC2CC(C1)c1cccc(=O)n1C2. The van der Waals surface area contributed by atoms with Gasteiger partial charge in [-0.2, -0.15) is 0 Å². The highest BCUT2D eigenvalue weighted by molar-refractivity contribution is 9.10. The Labute approximate surface area is 230 Å². The molecular weight excluding hydrogens is 604 g/mol. The van der Waals surface area contributed by atoms with E-state index in [1.807, 2.05) is 22.8 Å². The van der Waals surface area contributed by atoms with Crippen molar-refractivity contribution in [3.05, 3.63) is 96.7 Å². The summed E-state index contributed by atoms with van der Waals surface area (Å²) in [5, 5.41) is 2.81. The molecule has 10 heteroatoms. The number of halogens is 2. The molecule has 1 fully saturated rings. The summed E-state index contributed by atoms with van der Waals surface area (Å²) in [4.78, 5) is 45.3. The molecular formula is C27H24Br2N4O4. The van der Waals surface area contributed by atoms with Gasteiger partial charge in [-0.1, -0.05) is 22.0 Å². The zero-order valence-corrected chi connectivity index (χ0v) is 23.2. The van der Waals surface area contributed by atoms with Gasteiger partial charge in [0.05, 0.1) is 12.7 Å². The first-order chi connectivity index (χ1) is 17.8. The molecule has 3 aromatic rings. The molecule has 2 aromatic heterocycles. The number of nitrogens with zero attached hydrogens (tertiary/aromatic N) is 3. The maximum atomic E-state index is 13.9. The van der Waals surface area contributed by atoms with Gasteiger partial charge in [-0.25, -0.2) is 0 Å². The number of hydrogen-bond acceptors (Lipinski definition) is 5. The van der Waals surface area contributed by atoms with E-state index in [0.29, 0.717) is 41.0 Å². The number of rotatable bonds is 5. The lowest BCUT2D eigenvalue weighted by molar-refractivity contribution is -0.130. The van der Waals surface area contributed by atoms with Crippen molar-refractivity contribution in [2.75, 3.05) is 20.2 Å². The van der Waals surface area contributed by atoms with E-state index in [0.717, 1.165) is 16.6 Å². The van der Waals surface area contributed by atoms with Crippen LogP contribution in [0.1, 0.15) is 34.0 Å². The molecule has 1 saturated heterocycles. The molecule has 8 nitrogen and oxygen atoms in total. The normalized spacial score (nSPS) is 18.7. The number of likely N-dealkylation sites (tertiary alicyclic amines) is 1. The van der Waals surface area contributed by atoms with E-state index in [-0.39, 0.29) is 29.0 Å². The van der Waals surface area contributed by atoms with Gasteiger partial charge in [0.15, 0.2) is 0 Å². The quantitative estimate of drug-likeness (QED) is 0.428. The second-order valence-electron chi connectivity index (χ2n) is 9.20. The molecule has 1 N–H and O–H groups in total. The number of ether oxygens (including phenoxy) is 1. The minimum atomic E-state index is -0.448. The van der Waals surface area contributed by atoms with Crippen molar-refractivity contribution in [1.29, 1.82) is 0 Å². The smallest absolute Gasteiger partial charge is 0.270 e. The molecule has 1 aromatic carbocycles. The molecule has 2 aliphatic rings. The van der Waals surface area contributed by atoms with Gasteiger partial charge in [-0.15, -0.1) is 0 Å². The average molecular weight is 628 g/mol. The lowest BCUT2D eigenvalue weighted by Gasteiger charge is -2.43. The number of nitrogens with one attached hydrogen (secondary N) is 1. The number of methoxy groups -OCH3 is 1. The van der Waals surface area contributed by atoms with E-state index in [1.54, 1.807) is 48.5 Å². The second kappa shape index (κ2) is 10.6. The second-order valence-corrected chi connectivity index (χ2v) is 11.0. The Morgan fingerprint density at radius 2 is 1.92 bits per heavy atom. The van der Waals surface area contributed by atoms with E-state index >= 15 is 0 Å². The fourth-order valence-electron chi connectivity index (χ4n) is 5.09. The lowest BCUT2D eigenvalue weighted by Crippen LogP contribution is -2.50. The predicted molar refractivity (Wildman–Crippen MR) is 146 cm³/mol. The van der Waals surface area contributed by atoms with Crippen LogP contribution in [0.15, 0.2) is 74.3 Å². The molecule has 2 atom stereocenters. The van der Waals surface area contributed by atoms with Crippen LogP contribution in [0.25, 0.3) is 6.08 Å². The number of carbonyl (C=O) groups is 2. The number of pyridine rings is 2. The lowest BCUT2D eigenvalue weighted by atomic mass is 9.83. The molecule has 2 unspecified atom stereocenters. The molecule has 0 saturated carbocycles. The highest BCUT2D eigenvalue weighted by Crippen LogP contribution is 2.35. The number of fused-ring (bicyclic) bond motifs is 4. The van der Waals surface area contributed by atoms with Crippen LogP contribution in [0.4, 0.5) is 0 Å². The number of aromatic nitrogens is 2. The van der Waals surface area contributed by atoms with Gasteiger partial charge in [0.1, 0.15) is 11.4 Å². The molecule has 2 aliphatic heterocycles.